The van der Waals surface area contributed by atoms with Crippen LogP contribution in [0.3, 0.4) is 0 Å². The van der Waals surface area contributed by atoms with Crippen LogP contribution in [0.2, 0.25) is 0 Å². The number of thiazole rings is 1. The lowest BCUT2D eigenvalue weighted by Gasteiger charge is -2.26. The molecule has 0 spiro atoms. The number of rotatable bonds is 6. The Hall–Kier alpha value is -3.26. The molecule has 30 heavy (non-hydrogen) atoms. The summed E-state index contributed by atoms with van der Waals surface area (Å²) in [5, 5.41) is 3.34. The second-order valence-electron chi connectivity index (χ2n) is 6.88. The van der Waals surface area contributed by atoms with Crippen molar-refractivity contribution in [2.24, 2.45) is 0 Å². The van der Waals surface area contributed by atoms with Gasteiger partial charge in [0.25, 0.3) is 5.91 Å². The molecule has 0 saturated carbocycles. The Labute approximate surface area is 178 Å². The van der Waals surface area contributed by atoms with Crippen molar-refractivity contribution >= 4 is 28.3 Å². The van der Waals surface area contributed by atoms with Gasteiger partial charge in [-0.2, -0.15) is 0 Å². The first-order chi connectivity index (χ1) is 14.6. The molecule has 154 valence electrons. The molecule has 0 radical (unpaired) electrons. The number of hydrogen-bond acceptors (Lipinski definition) is 6. The van der Waals surface area contributed by atoms with E-state index in [2.05, 4.69) is 15.3 Å². The minimum Gasteiger partial charge on any atom is -0.494 e. The Morgan fingerprint density at radius 1 is 1.20 bits per heavy atom. The largest absolute Gasteiger partial charge is 0.494 e. The van der Waals surface area contributed by atoms with Gasteiger partial charge in [0.1, 0.15) is 11.4 Å². The third kappa shape index (κ3) is 4.65. The summed E-state index contributed by atoms with van der Waals surface area (Å²) < 4.78 is 5.44. The Kier molecular flexibility index (Phi) is 6.04. The molecule has 0 atom stereocenters. The summed E-state index contributed by atoms with van der Waals surface area (Å²) in [7, 11) is 0. The van der Waals surface area contributed by atoms with Gasteiger partial charge >= 0.3 is 0 Å². The number of nitrogens with zero attached hydrogens (tertiary/aromatic N) is 3. The first kappa shape index (κ1) is 20.0. The number of aromatic nitrogens is 2. The van der Waals surface area contributed by atoms with Crippen molar-refractivity contribution in [3.8, 4) is 5.75 Å². The molecule has 0 saturated heterocycles. The number of fused-ring (bicyclic) bond motifs is 1. The Morgan fingerprint density at radius 2 is 2.03 bits per heavy atom. The van der Waals surface area contributed by atoms with Gasteiger partial charge in [-0.25, -0.2) is 4.98 Å². The van der Waals surface area contributed by atoms with Crippen LogP contribution >= 0.6 is 11.3 Å². The topological polar surface area (TPSA) is 84.4 Å². The fourth-order valence-electron chi connectivity index (χ4n) is 3.28. The van der Waals surface area contributed by atoms with E-state index in [0.717, 1.165) is 21.9 Å². The summed E-state index contributed by atoms with van der Waals surface area (Å²) in [5.41, 5.74) is 2.25. The fourth-order valence-corrected chi connectivity index (χ4v) is 4.30. The van der Waals surface area contributed by atoms with E-state index >= 15 is 0 Å². The lowest BCUT2D eigenvalue weighted by atomic mass is 10.1. The monoisotopic (exact) mass is 422 g/mol. The molecular weight excluding hydrogens is 400 g/mol. The summed E-state index contributed by atoms with van der Waals surface area (Å²) in [5.74, 6) is 0.601. The number of anilines is 1. The van der Waals surface area contributed by atoms with Gasteiger partial charge in [0.15, 0.2) is 5.13 Å². The van der Waals surface area contributed by atoms with Crippen LogP contribution in [0.4, 0.5) is 5.13 Å². The zero-order chi connectivity index (χ0) is 20.9. The molecule has 1 aliphatic rings. The lowest BCUT2D eigenvalue weighted by Crippen LogP contribution is -2.36. The average Bonchev–Trinajstić information content (AvgIpc) is 3.17. The van der Waals surface area contributed by atoms with Crippen LogP contribution in [0.1, 0.15) is 33.5 Å². The summed E-state index contributed by atoms with van der Waals surface area (Å²) in [6.07, 6.45) is 2.61. The smallest absolute Gasteiger partial charge is 0.276 e. The third-order valence-corrected chi connectivity index (χ3v) is 5.79. The molecular formula is C22H22N4O3S. The highest BCUT2D eigenvalue weighted by molar-refractivity contribution is 7.15. The second kappa shape index (κ2) is 9.04. The maximum absolute atomic E-state index is 12.8. The minimum absolute atomic E-state index is 0.0808. The number of amides is 2. The predicted molar refractivity (Wildman–Crippen MR) is 115 cm³/mol. The van der Waals surface area contributed by atoms with Crippen LogP contribution in [-0.2, 0) is 24.2 Å². The number of ether oxygens (including phenoxy) is 1. The van der Waals surface area contributed by atoms with Gasteiger partial charge in [0.05, 0.1) is 25.3 Å². The normalized spacial score (nSPS) is 12.9. The molecule has 0 bridgehead atoms. The maximum Gasteiger partial charge on any atom is 0.276 e. The molecule has 8 heteroatoms. The summed E-state index contributed by atoms with van der Waals surface area (Å²) in [6, 6.07) is 12.8. The summed E-state index contributed by atoms with van der Waals surface area (Å²) in [4.78, 5) is 36.5. The van der Waals surface area contributed by atoms with Gasteiger partial charge in [0, 0.05) is 24.0 Å². The van der Waals surface area contributed by atoms with E-state index in [0.29, 0.717) is 43.4 Å². The quantitative estimate of drug-likeness (QED) is 0.659. The van der Waals surface area contributed by atoms with Crippen molar-refractivity contribution in [1.29, 1.82) is 0 Å². The van der Waals surface area contributed by atoms with Crippen LogP contribution < -0.4 is 10.1 Å². The first-order valence-corrected chi connectivity index (χ1v) is 10.6. The standard InChI is InChI=1S/C22H22N4O3S/c1-2-29-16-8-6-15(7-9-16)13-20(27)26-12-10-17-19(14-26)30-22(24-17)25-21(28)18-5-3-4-11-23-18/h3-9,11H,2,10,12-14H2,1H3,(H,24,25,28). The van der Waals surface area contributed by atoms with Crippen molar-refractivity contribution in [2.45, 2.75) is 26.3 Å². The molecule has 3 aromatic rings. The first-order valence-electron chi connectivity index (χ1n) is 9.83. The Morgan fingerprint density at radius 3 is 2.77 bits per heavy atom. The minimum atomic E-state index is -0.287. The Bertz CT molecular complexity index is 1030. The van der Waals surface area contributed by atoms with Crippen LogP contribution in [0.15, 0.2) is 48.7 Å². The summed E-state index contributed by atoms with van der Waals surface area (Å²) in [6.45, 7) is 3.70. The molecule has 0 fully saturated rings. The highest BCUT2D eigenvalue weighted by Gasteiger charge is 2.25. The van der Waals surface area contributed by atoms with Gasteiger partial charge in [0.2, 0.25) is 5.91 Å². The molecule has 1 aromatic carbocycles. The molecule has 2 aromatic heterocycles. The van der Waals surface area contributed by atoms with Crippen LogP contribution in [-0.4, -0.2) is 39.8 Å². The molecule has 1 N–H and O–H groups in total. The maximum atomic E-state index is 12.8. The van der Waals surface area contributed by atoms with Gasteiger partial charge in [-0.3, -0.25) is 19.9 Å². The van der Waals surface area contributed by atoms with Crippen molar-refractivity contribution in [2.75, 3.05) is 18.5 Å². The molecule has 3 heterocycles. The van der Waals surface area contributed by atoms with Gasteiger partial charge in [-0.05, 0) is 36.8 Å². The zero-order valence-corrected chi connectivity index (χ0v) is 17.4. The van der Waals surface area contributed by atoms with Gasteiger partial charge < -0.3 is 9.64 Å². The molecule has 1 aliphatic heterocycles. The van der Waals surface area contributed by atoms with Gasteiger partial charge in [-0.1, -0.05) is 29.5 Å². The van der Waals surface area contributed by atoms with Crippen molar-refractivity contribution in [1.82, 2.24) is 14.9 Å². The SMILES string of the molecule is CCOc1ccc(CC(=O)N2CCc3nc(NC(=O)c4ccccn4)sc3C2)cc1. The van der Waals surface area contributed by atoms with E-state index in [1.807, 2.05) is 36.1 Å². The van der Waals surface area contributed by atoms with Crippen molar-refractivity contribution in [3.05, 3.63) is 70.5 Å². The lowest BCUT2D eigenvalue weighted by molar-refractivity contribution is -0.131. The second-order valence-corrected chi connectivity index (χ2v) is 7.96. The van der Waals surface area contributed by atoms with Crippen LogP contribution in [0, 0.1) is 0 Å². The number of carbonyl (C=O) groups excluding carboxylic acids is 2. The van der Waals surface area contributed by atoms with E-state index in [4.69, 9.17) is 4.74 Å². The molecule has 7 nitrogen and oxygen atoms in total. The van der Waals surface area contributed by atoms with E-state index in [1.54, 1.807) is 24.4 Å². The molecule has 2 amide bonds. The van der Waals surface area contributed by atoms with E-state index in [-0.39, 0.29) is 11.8 Å². The van der Waals surface area contributed by atoms with E-state index < -0.39 is 0 Å². The van der Waals surface area contributed by atoms with Crippen LogP contribution in [0.25, 0.3) is 0 Å². The van der Waals surface area contributed by atoms with Crippen LogP contribution in [0.5, 0.6) is 5.75 Å². The van der Waals surface area contributed by atoms with Gasteiger partial charge in [-0.15, -0.1) is 0 Å². The van der Waals surface area contributed by atoms with Crippen molar-refractivity contribution in [3.63, 3.8) is 0 Å². The molecule has 0 unspecified atom stereocenters. The summed E-state index contributed by atoms with van der Waals surface area (Å²) >= 11 is 1.41. The number of pyridine rings is 1. The number of hydrogen-bond donors (Lipinski definition) is 1. The van der Waals surface area contributed by atoms with Crippen molar-refractivity contribution < 1.29 is 14.3 Å². The fraction of sp³-hybridized carbons (Fsp3) is 0.273. The highest BCUT2D eigenvalue weighted by Crippen LogP contribution is 2.29. The number of nitrogens with one attached hydrogen (secondary N) is 1. The average molecular weight is 423 g/mol. The van der Waals surface area contributed by atoms with E-state index in [9.17, 15) is 9.59 Å². The molecule has 0 aliphatic carbocycles. The predicted octanol–water partition coefficient (Wildman–Crippen LogP) is 3.32. The number of carbonyl (C=O) groups is 2. The van der Waals surface area contributed by atoms with E-state index in [1.165, 1.54) is 11.3 Å². The third-order valence-electron chi connectivity index (χ3n) is 4.79. The Balaban J connectivity index is 1.37. The highest BCUT2D eigenvalue weighted by atomic mass is 32.1. The molecule has 4 rings (SSSR count). The number of benzene rings is 1. The zero-order valence-electron chi connectivity index (χ0n) is 16.6.